The molecule has 0 bridgehead atoms. The van der Waals surface area contributed by atoms with Crippen LogP contribution < -0.4 is 11.1 Å². The molecule has 0 aliphatic heterocycles. The van der Waals surface area contributed by atoms with Crippen LogP contribution in [0.3, 0.4) is 0 Å². The SMILES string of the molecule is Cc1ccc(N)c(N[C@@H](C)C(=O)O)c1. The number of anilines is 2. The predicted molar refractivity (Wildman–Crippen MR) is 56.3 cm³/mol. The Balaban J connectivity index is 2.85. The van der Waals surface area contributed by atoms with Crippen molar-refractivity contribution < 1.29 is 9.90 Å². The van der Waals surface area contributed by atoms with Gasteiger partial charge in [-0.1, -0.05) is 6.07 Å². The van der Waals surface area contributed by atoms with Gasteiger partial charge in [-0.05, 0) is 31.5 Å². The summed E-state index contributed by atoms with van der Waals surface area (Å²) in [7, 11) is 0. The molecule has 0 aliphatic rings. The molecule has 4 heteroatoms. The summed E-state index contributed by atoms with van der Waals surface area (Å²) < 4.78 is 0. The molecule has 0 saturated carbocycles. The number of carbonyl (C=O) groups is 1. The van der Waals surface area contributed by atoms with Crippen LogP contribution in [0.4, 0.5) is 11.4 Å². The topological polar surface area (TPSA) is 75.3 Å². The van der Waals surface area contributed by atoms with Gasteiger partial charge in [-0.3, -0.25) is 4.79 Å². The number of hydrogen-bond donors (Lipinski definition) is 3. The van der Waals surface area contributed by atoms with Gasteiger partial charge in [-0.15, -0.1) is 0 Å². The third kappa shape index (κ3) is 2.39. The second kappa shape index (κ2) is 4.00. The van der Waals surface area contributed by atoms with E-state index in [2.05, 4.69) is 5.32 Å². The van der Waals surface area contributed by atoms with E-state index >= 15 is 0 Å². The van der Waals surface area contributed by atoms with E-state index in [1.165, 1.54) is 0 Å². The van der Waals surface area contributed by atoms with Gasteiger partial charge in [0, 0.05) is 0 Å². The Morgan fingerprint density at radius 3 is 2.79 bits per heavy atom. The van der Waals surface area contributed by atoms with Crippen molar-refractivity contribution >= 4 is 17.3 Å². The molecule has 0 heterocycles. The van der Waals surface area contributed by atoms with E-state index in [1.807, 2.05) is 19.1 Å². The summed E-state index contributed by atoms with van der Waals surface area (Å²) in [5.74, 6) is -0.897. The van der Waals surface area contributed by atoms with Crippen LogP contribution in [0.2, 0.25) is 0 Å². The molecule has 0 unspecified atom stereocenters. The normalized spacial score (nSPS) is 12.1. The summed E-state index contributed by atoms with van der Waals surface area (Å²) in [6.45, 7) is 3.50. The fraction of sp³-hybridized carbons (Fsp3) is 0.300. The van der Waals surface area contributed by atoms with Gasteiger partial charge >= 0.3 is 5.97 Å². The molecule has 0 radical (unpaired) electrons. The molecule has 0 aromatic heterocycles. The highest BCUT2D eigenvalue weighted by Gasteiger charge is 2.11. The van der Waals surface area contributed by atoms with E-state index in [1.54, 1.807) is 13.0 Å². The first-order valence-corrected chi connectivity index (χ1v) is 4.36. The first-order valence-electron chi connectivity index (χ1n) is 4.36. The van der Waals surface area contributed by atoms with Crippen molar-refractivity contribution in [1.82, 2.24) is 0 Å². The van der Waals surface area contributed by atoms with Gasteiger partial charge in [0.1, 0.15) is 6.04 Å². The van der Waals surface area contributed by atoms with Gasteiger partial charge in [-0.25, -0.2) is 0 Å². The molecule has 4 nitrogen and oxygen atoms in total. The van der Waals surface area contributed by atoms with Crippen LogP contribution in [0.25, 0.3) is 0 Å². The molecule has 0 fully saturated rings. The molecular formula is C10H14N2O2. The molecule has 1 aromatic carbocycles. The average molecular weight is 194 g/mol. The Morgan fingerprint density at radius 2 is 2.21 bits per heavy atom. The van der Waals surface area contributed by atoms with Crippen LogP contribution in [0.5, 0.6) is 0 Å². The Morgan fingerprint density at radius 1 is 1.57 bits per heavy atom. The van der Waals surface area contributed by atoms with Gasteiger partial charge in [0.25, 0.3) is 0 Å². The molecule has 14 heavy (non-hydrogen) atoms. The minimum atomic E-state index is -0.897. The third-order valence-electron chi connectivity index (χ3n) is 1.95. The zero-order chi connectivity index (χ0) is 10.7. The number of nitrogen functional groups attached to an aromatic ring is 1. The predicted octanol–water partition coefficient (Wildman–Crippen LogP) is 1.46. The van der Waals surface area contributed by atoms with Crippen LogP contribution in [0, 0.1) is 6.92 Å². The van der Waals surface area contributed by atoms with Crippen molar-refractivity contribution in [2.24, 2.45) is 0 Å². The zero-order valence-electron chi connectivity index (χ0n) is 8.24. The molecule has 76 valence electrons. The summed E-state index contributed by atoms with van der Waals surface area (Å²) >= 11 is 0. The molecule has 0 amide bonds. The Labute approximate surface area is 82.7 Å². The summed E-state index contributed by atoms with van der Waals surface area (Å²) in [5, 5.41) is 11.5. The molecule has 0 aliphatic carbocycles. The average Bonchev–Trinajstić information content (AvgIpc) is 2.11. The van der Waals surface area contributed by atoms with Gasteiger partial charge in [0.05, 0.1) is 11.4 Å². The van der Waals surface area contributed by atoms with Crippen molar-refractivity contribution in [3.8, 4) is 0 Å². The van der Waals surface area contributed by atoms with Gasteiger partial charge in [0.15, 0.2) is 0 Å². The van der Waals surface area contributed by atoms with Crippen LogP contribution in [0.15, 0.2) is 18.2 Å². The lowest BCUT2D eigenvalue weighted by molar-refractivity contribution is -0.137. The number of rotatable bonds is 3. The number of aryl methyl sites for hydroxylation is 1. The molecule has 0 spiro atoms. The maximum Gasteiger partial charge on any atom is 0.325 e. The molecule has 4 N–H and O–H groups in total. The fourth-order valence-corrected chi connectivity index (χ4v) is 1.09. The molecule has 0 saturated heterocycles. The van der Waals surface area contributed by atoms with E-state index in [4.69, 9.17) is 10.8 Å². The second-order valence-corrected chi connectivity index (χ2v) is 3.29. The molecular weight excluding hydrogens is 180 g/mol. The standard InChI is InChI=1S/C10H14N2O2/c1-6-3-4-8(11)9(5-6)12-7(2)10(13)14/h3-5,7,12H,11H2,1-2H3,(H,13,14)/t7-/m0/s1. The number of carboxylic acid groups (broad SMARTS) is 1. The monoisotopic (exact) mass is 194 g/mol. The quantitative estimate of drug-likeness (QED) is 0.637. The van der Waals surface area contributed by atoms with Crippen LogP contribution in [-0.2, 0) is 4.79 Å². The van der Waals surface area contributed by atoms with Crippen molar-refractivity contribution in [2.45, 2.75) is 19.9 Å². The first-order chi connectivity index (χ1) is 6.50. The minimum Gasteiger partial charge on any atom is -0.480 e. The van der Waals surface area contributed by atoms with Gasteiger partial charge in [0.2, 0.25) is 0 Å². The number of hydrogen-bond acceptors (Lipinski definition) is 3. The Hall–Kier alpha value is -1.71. The number of aliphatic carboxylic acids is 1. The van der Waals surface area contributed by atoms with E-state index in [9.17, 15) is 4.79 Å². The largest absolute Gasteiger partial charge is 0.480 e. The van der Waals surface area contributed by atoms with E-state index in [0.717, 1.165) is 5.56 Å². The first kappa shape index (κ1) is 10.4. The smallest absolute Gasteiger partial charge is 0.325 e. The lowest BCUT2D eigenvalue weighted by Crippen LogP contribution is -2.25. The van der Waals surface area contributed by atoms with Crippen LogP contribution in [-0.4, -0.2) is 17.1 Å². The summed E-state index contributed by atoms with van der Waals surface area (Å²) in [6.07, 6.45) is 0. The molecule has 1 atom stereocenters. The third-order valence-corrected chi connectivity index (χ3v) is 1.95. The summed E-state index contributed by atoms with van der Waals surface area (Å²) in [6, 6.07) is 4.83. The Bertz CT molecular complexity index is 350. The van der Waals surface area contributed by atoms with Crippen molar-refractivity contribution in [3.63, 3.8) is 0 Å². The highest BCUT2D eigenvalue weighted by Crippen LogP contribution is 2.20. The zero-order valence-corrected chi connectivity index (χ0v) is 8.24. The van der Waals surface area contributed by atoms with E-state index < -0.39 is 12.0 Å². The maximum absolute atomic E-state index is 10.6. The lowest BCUT2D eigenvalue weighted by atomic mass is 10.2. The van der Waals surface area contributed by atoms with Gasteiger partial charge < -0.3 is 16.2 Å². The number of nitrogens with one attached hydrogen (secondary N) is 1. The summed E-state index contributed by atoms with van der Waals surface area (Å²) in [5.41, 5.74) is 7.95. The van der Waals surface area contributed by atoms with Crippen LogP contribution >= 0.6 is 0 Å². The second-order valence-electron chi connectivity index (χ2n) is 3.29. The highest BCUT2D eigenvalue weighted by atomic mass is 16.4. The van der Waals surface area contributed by atoms with Crippen LogP contribution in [0.1, 0.15) is 12.5 Å². The number of carboxylic acids is 1. The Kier molecular flexibility index (Phi) is 2.96. The maximum atomic E-state index is 10.6. The lowest BCUT2D eigenvalue weighted by Gasteiger charge is -2.13. The van der Waals surface area contributed by atoms with Crippen molar-refractivity contribution in [1.29, 1.82) is 0 Å². The fourth-order valence-electron chi connectivity index (χ4n) is 1.09. The highest BCUT2D eigenvalue weighted by molar-refractivity contribution is 5.79. The van der Waals surface area contributed by atoms with Crippen molar-refractivity contribution in [3.05, 3.63) is 23.8 Å². The minimum absolute atomic E-state index is 0.559. The molecule has 1 aromatic rings. The summed E-state index contributed by atoms with van der Waals surface area (Å²) in [4.78, 5) is 10.6. The number of benzene rings is 1. The van der Waals surface area contributed by atoms with E-state index in [0.29, 0.717) is 11.4 Å². The van der Waals surface area contributed by atoms with E-state index in [-0.39, 0.29) is 0 Å². The van der Waals surface area contributed by atoms with Crippen molar-refractivity contribution in [2.75, 3.05) is 11.1 Å². The van der Waals surface area contributed by atoms with Gasteiger partial charge in [-0.2, -0.15) is 0 Å². The molecule has 1 rings (SSSR count). The number of nitrogens with two attached hydrogens (primary N) is 1.